The summed E-state index contributed by atoms with van der Waals surface area (Å²) < 4.78 is 11.5. The Morgan fingerprint density at radius 3 is 2.56 bits per heavy atom. The van der Waals surface area contributed by atoms with Crippen molar-refractivity contribution < 1.29 is 9.47 Å². The molecule has 2 aliphatic rings. The second-order valence-corrected chi connectivity index (χ2v) is 10.00. The van der Waals surface area contributed by atoms with Crippen molar-refractivity contribution in [1.29, 1.82) is 0 Å². The summed E-state index contributed by atoms with van der Waals surface area (Å²) in [5, 5.41) is 0. The minimum absolute atomic E-state index is 0.337. The SMILES string of the molecule is COc1ccc(C2CSc3ccccc3N2CC(COCC=C(C)C)N2CCCC2)cc1. The number of likely N-dealkylation sites (tertiary alicyclic amines) is 1. The molecule has 0 aliphatic carbocycles. The first-order chi connectivity index (χ1) is 15.7. The maximum absolute atomic E-state index is 6.15. The Balaban J connectivity index is 1.59. The van der Waals surface area contributed by atoms with Gasteiger partial charge in [-0.2, -0.15) is 0 Å². The average Bonchev–Trinajstić information content (AvgIpc) is 3.36. The van der Waals surface area contributed by atoms with E-state index in [1.54, 1.807) is 7.11 Å². The van der Waals surface area contributed by atoms with Crippen LogP contribution in [0.2, 0.25) is 0 Å². The molecular weight excluding hydrogens is 416 g/mol. The average molecular weight is 453 g/mol. The summed E-state index contributed by atoms with van der Waals surface area (Å²) in [5.41, 5.74) is 4.00. The molecular formula is C27H36N2O2S. The molecule has 5 heteroatoms. The van der Waals surface area contributed by atoms with E-state index in [0.717, 1.165) is 24.7 Å². The Labute approximate surface area is 197 Å². The van der Waals surface area contributed by atoms with Gasteiger partial charge in [0, 0.05) is 17.2 Å². The summed E-state index contributed by atoms with van der Waals surface area (Å²) in [7, 11) is 1.73. The highest BCUT2D eigenvalue weighted by atomic mass is 32.2. The number of rotatable bonds is 9. The third-order valence-electron chi connectivity index (χ3n) is 6.43. The van der Waals surface area contributed by atoms with Crippen LogP contribution in [0.15, 0.2) is 65.1 Å². The number of allylic oxidation sites excluding steroid dienone is 1. The van der Waals surface area contributed by atoms with E-state index < -0.39 is 0 Å². The number of ether oxygens (including phenoxy) is 2. The number of para-hydroxylation sites is 1. The second kappa shape index (κ2) is 11.3. The van der Waals surface area contributed by atoms with Gasteiger partial charge in [-0.05, 0) is 69.6 Å². The van der Waals surface area contributed by atoms with Gasteiger partial charge < -0.3 is 14.4 Å². The number of fused-ring (bicyclic) bond motifs is 1. The molecule has 2 aliphatic heterocycles. The van der Waals surface area contributed by atoms with Crippen LogP contribution in [-0.2, 0) is 4.74 Å². The van der Waals surface area contributed by atoms with Gasteiger partial charge in [0.2, 0.25) is 0 Å². The number of hydrogen-bond acceptors (Lipinski definition) is 5. The van der Waals surface area contributed by atoms with Crippen molar-refractivity contribution in [3.8, 4) is 5.75 Å². The third-order valence-corrected chi connectivity index (χ3v) is 7.57. The lowest BCUT2D eigenvalue weighted by molar-refractivity contribution is 0.0868. The Kier molecular flexibility index (Phi) is 8.17. The lowest BCUT2D eigenvalue weighted by Crippen LogP contribution is -2.48. The van der Waals surface area contributed by atoms with Crippen LogP contribution in [0.5, 0.6) is 5.75 Å². The molecule has 0 aromatic heterocycles. The van der Waals surface area contributed by atoms with Crippen LogP contribution in [0.4, 0.5) is 5.69 Å². The van der Waals surface area contributed by atoms with Crippen molar-refractivity contribution >= 4 is 17.4 Å². The van der Waals surface area contributed by atoms with Crippen LogP contribution < -0.4 is 9.64 Å². The molecule has 32 heavy (non-hydrogen) atoms. The fraction of sp³-hybridized carbons (Fsp3) is 0.481. The highest BCUT2D eigenvalue weighted by Crippen LogP contribution is 2.43. The minimum atomic E-state index is 0.337. The Morgan fingerprint density at radius 2 is 1.84 bits per heavy atom. The van der Waals surface area contributed by atoms with Crippen LogP contribution in [0.25, 0.3) is 0 Å². The molecule has 0 N–H and O–H groups in total. The Hall–Kier alpha value is -1.95. The smallest absolute Gasteiger partial charge is 0.118 e. The van der Waals surface area contributed by atoms with Gasteiger partial charge in [-0.3, -0.25) is 4.90 Å². The fourth-order valence-electron chi connectivity index (χ4n) is 4.61. The van der Waals surface area contributed by atoms with Crippen LogP contribution in [0.3, 0.4) is 0 Å². The fourth-order valence-corrected chi connectivity index (χ4v) is 5.83. The van der Waals surface area contributed by atoms with E-state index in [-0.39, 0.29) is 0 Å². The molecule has 0 bridgehead atoms. The van der Waals surface area contributed by atoms with Gasteiger partial charge in [-0.1, -0.05) is 35.9 Å². The number of anilines is 1. The van der Waals surface area contributed by atoms with Crippen LogP contribution >= 0.6 is 11.8 Å². The molecule has 4 rings (SSSR count). The zero-order chi connectivity index (χ0) is 22.3. The topological polar surface area (TPSA) is 24.9 Å². The van der Waals surface area contributed by atoms with E-state index >= 15 is 0 Å². The predicted molar refractivity (Wildman–Crippen MR) is 135 cm³/mol. The largest absolute Gasteiger partial charge is 0.497 e. The number of hydrogen-bond donors (Lipinski definition) is 0. The summed E-state index contributed by atoms with van der Waals surface area (Å²) in [6.07, 6.45) is 4.76. The number of nitrogens with zero attached hydrogens (tertiary/aromatic N) is 2. The lowest BCUT2D eigenvalue weighted by Gasteiger charge is -2.42. The number of benzene rings is 2. The molecule has 2 aromatic rings. The molecule has 0 radical (unpaired) electrons. The zero-order valence-electron chi connectivity index (χ0n) is 19.6. The molecule has 0 spiro atoms. The van der Waals surface area contributed by atoms with Crippen molar-refractivity contribution in [3.05, 3.63) is 65.7 Å². The molecule has 2 unspecified atom stereocenters. The van der Waals surface area contributed by atoms with E-state index in [1.165, 1.54) is 47.7 Å². The zero-order valence-corrected chi connectivity index (χ0v) is 20.4. The standard InChI is InChI=1S/C27H36N2O2S/c1-21(2)14-17-31-19-23(28-15-6-7-16-28)18-29-25-8-4-5-9-27(25)32-20-26(29)22-10-12-24(30-3)13-11-22/h4-5,8-14,23,26H,6-7,15-20H2,1-3H3. The first kappa shape index (κ1) is 23.2. The molecule has 2 heterocycles. The quantitative estimate of drug-likeness (QED) is 0.354. The monoisotopic (exact) mass is 452 g/mol. The maximum Gasteiger partial charge on any atom is 0.118 e. The Morgan fingerprint density at radius 1 is 1.09 bits per heavy atom. The summed E-state index contributed by atoms with van der Waals surface area (Å²) >= 11 is 1.96. The molecule has 172 valence electrons. The van der Waals surface area contributed by atoms with Crippen molar-refractivity contribution in [3.63, 3.8) is 0 Å². The summed E-state index contributed by atoms with van der Waals surface area (Å²) in [6.45, 7) is 9.05. The number of methoxy groups -OCH3 is 1. The van der Waals surface area contributed by atoms with Gasteiger partial charge in [0.1, 0.15) is 5.75 Å². The van der Waals surface area contributed by atoms with E-state index in [0.29, 0.717) is 18.7 Å². The molecule has 0 saturated carbocycles. The van der Waals surface area contributed by atoms with Gasteiger partial charge >= 0.3 is 0 Å². The summed E-state index contributed by atoms with van der Waals surface area (Å²) in [4.78, 5) is 6.64. The summed E-state index contributed by atoms with van der Waals surface area (Å²) in [6, 6.07) is 18.2. The first-order valence-electron chi connectivity index (χ1n) is 11.7. The van der Waals surface area contributed by atoms with E-state index in [1.807, 2.05) is 11.8 Å². The molecule has 4 nitrogen and oxygen atoms in total. The van der Waals surface area contributed by atoms with Gasteiger partial charge in [0.25, 0.3) is 0 Å². The second-order valence-electron chi connectivity index (χ2n) is 8.94. The highest BCUT2D eigenvalue weighted by Gasteiger charge is 2.32. The van der Waals surface area contributed by atoms with Crippen molar-refractivity contribution in [2.45, 2.75) is 43.7 Å². The van der Waals surface area contributed by atoms with Crippen LogP contribution in [-0.4, -0.2) is 56.7 Å². The van der Waals surface area contributed by atoms with Gasteiger partial charge in [0.15, 0.2) is 0 Å². The van der Waals surface area contributed by atoms with E-state index in [2.05, 4.69) is 78.3 Å². The maximum atomic E-state index is 6.15. The normalized spacial score (nSPS) is 19.5. The van der Waals surface area contributed by atoms with Crippen molar-refractivity contribution in [2.75, 3.05) is 50.6 Å². The first-order valence-corrected chi connectivity index (χ1v) is 12.7. The highest BCUT2D eigenvalue weighted by molar-refractivity contribution is 7.99. The molecule has 1 saturated heterocycles. The molecule has 0 amide bonds. The van der Waals surface area contributed by atoms with Crippen LogP contribution in [0.1, 0.15) is 38.3 Å². The van der Waals surface area contributed by atoms with Crippen molar-refractivity contribution in [1.82, 2.24) is 4.90 Å². The van der Waals surface area contributed by atoms with Gasteiger partial charge in [0.05, 0.1) is 38.1 Å². The van der Waals surface area contributed by atoms with E-state index in [4.69, 9.17) is 9.47 Å². The number of thioether (sulfide) groups is 1. The minimum Gasteiger partial charge on any atom is -0.497 e. The summed E-state index contributed by atoms with van der Waals surface area (Å²) in [5.74, 6) is 1.96. The third kappa shape index (κ3) is 5.69. The van der Waals surface area contributed by atoms with Gasteiger partial charge in [-0.15, -0.1) is 11.8 Å². The van der Waals surface area contributed by atoms with Crippen LogP contribution in [0, 0.1) is 0 Å². The lowest BCUT2D eigenvalue weighted by atomic mass is 10.0. The predicted octanol–water partition coefficient (Wildman–Crippen LogP) is 5.80. The molecule has 2 aromatic carbocycles. The Bertz CT molecular complexity index is 889. The molecule has 1 fully saturated rings. The van der Waals surface area contributed by atoms with Crippen molar-refractivity contribution in [2.24, 2.45) is 0 Å². The van der Waals surface area contributed by atoms with E-state index in [9.17, 15) is 0 Å². The molecule has 2 atom stereocenters. The van der Waals surface area contributed by atoms with Gasteiger partial charge in [-0.25, -0.2) is 0 Å².